The number of amides is 2. The third-order valence-corrected chi connectivity index (χ3v) is 7.62. The molecule has 9 heteroatoms. The zero-order chi connectivity index (χ0) is 28.0. The number of methoxy groups -OCH3 is 1. The third kappa shape index (κ3) is 4.75. The molecule has 0 radical (unpaired) electrons. The molecule has 3 aromatic carbocycles. The van der Waals surface area contributed by atoms with Gasteiger partial charge >= 0.3 is 6.03 Å². The van der Waals surface area contributed by atoms with Gasteiger partial charge in [0.1, 0.15) is 11.4 Å². The lowest BCUT2D eigenvalue weighted by atomic mass is 9.88. The van der Waals surface area contributed by atoms with Gasteiger partial charge in [-0.3, -0.25) is 10.2 Å². The van der Waals surface area contributed by atoms with Crippen molar-refractivity contribution < 1.29 is 9.53 Å². The summed E-state index contributed by atoms with van der Waals surface area (Å²) in [4.78, 5) is 15.7. The molecule has 1 aromatic heterocycles. The molecule has 5 rings (SSSR count). The summed E-state index contributed by atoms with van der Waals surface area (Å²) in [6.45, 7) is 8.58. The molecule has 1 unspecified atom stereocenters. The minimum atomic E-state index is -0.488. The van der Waals surface area contributed by atoms with Crippen LogP contribution in [0, 0.1) is 13.8 Å². The summed E-state index contributed by atoms with van der Waals surface area (Å²) in [7, 11) is 1.63. The molecule has 2 heterocycles. The Morgan fingerprint density at radius 1 is 1.00 bits per heavy atom. The van der Waals surface area contributed by atoms with E-state index in [1.807, 2.05) is 73.1 Å². The van der Waals surface area contributed by atoms with Crippen molar-refractivity contribution in [3.05, 3.63) is 98.2 Å². The van der Waals surface area contributed by atoms with Crippen LogP contribution in [0.15, 0.2) is 54.6 Å². The van der Waals surface area contributed by atoms with E-state index in [0.29, 0.717) is 28.2 Å². The van der Waals surface area contributed by atoms with Crippen LogP contribution >= 0.6 is 23.2 Å². The maximum absolute atomic E-state index is 13.9. The second-order valence-electron chi connectivity index (χ2n) is 10.1. The summed E-state index contributed by atoms with van der Waals surface area (Å²) in [6, 6.07) is 16.3. The number of rotatable bonds is 6. The highest BCUT2D eigenvalue weighted by Crippen LogP contribution is 2.47. The number of hydrogen-bond acceptors (Lipinski definition) is 4. The molecule has 0 saturated carbocycles. The van der Waals surface area contributed by atoms with Gasteiger partial charge in [0.15, 0.2) is 5.82 Å². The van der Waals surface area contributed by atoms with Crippen molar-refractivity contribution in [2.75, 3.05) is 17.3 Å². The average molecular weight is 565 g/mol. The predicted octanol–water partition coefficient (Wildman–Crippen LogP) is 7.53. The fourth-order valence-corrected chi connectivity index (χ4v) is 5.70. The number of aromatic nitrogens is 2. The molecule has 0 fully saturated rings. The lowest BCUT2D eigenvalue weighted by Crippen LogP contribution is -2.43. The van der Waals surface area contributed by atoms with Gasteiger partial charge in [0, 0.05) is 22.2 Å². The number of halogens is 2. The first-order valence-corrected chi connectivity index (χ1v) is 13.5. The van der Waals surface area contributed by atoms with Crippen LogP contribution in [0.5, 0.6) is 5.75 Å². The minimum Gasteiger partial charge on any atom is -0.494 e. The Kier molecular flexibility index (Phi) is 7.33. The van der Waals surface area contributed by atoms with Crippen LogP contribution in [0.2, 0.25) is 10.0 Å². The van der Waals surface area contributed by atoms with Gasteiger partial charge in [-0.05, 0) is 78.4 Å². The number of carbonyl (C=O) groups excluding carboxylic acids is 1. The van der Waals surface area contributed by atoms with Crippen molar-refractivity contribution in [1.82, 2.24) is 9.78 Å². The number of nitrogens with two attached hydrogens (primary N) is 1. The van der Waals surface area contributed by atoms with Crippen LogP contribution in [0.25, 0.3) is 5.69 Å². The molecule has 1 aliphatic rings. The number of urea groups is 1. The van der Waals surface area contributed by atoms with E-state index < -0.39 is 6.04 Å². The van der Waals surface area contributed by atoms with Gasteiger partial charge < -0.3 is 10.5 Å². The quantitative estimate of drug-likeness (QED) is 0.254. The van der Waals surface area contributed by atoms with E-state index in [9.17, 15) is 4.79 Å². The standard InChI is InChI=1S/C30H31Cl2N5O2/c1-16(2)27-26-28(22-10-9-20(31)12-18(22)4)36(23-14-21(32)8-6-17(23)3)30(38)34-29(26)35-37(27)24-13-19(15-33)7-11-25(24)39-5/h6-14,16,28H,15,33H2,1-5H3,(H,34,35,38). The number of fused-ring (bicyclic) bond motifs is 1. The monoisotopic (exact) mass is 563 g/mol. The number of carbonyl (C=O) groups is 1. The molecule has 0 spiro atoms. The van der Waals surface area contributed by atoms with Gasteiger partial charge in [-0.15, -0.1) is 5.10 Å². The molecule has 7 nitrogen and oxygen atoms in total. The Bertz CT molecular complexity index is 1580. The largest absolute Gasteiger partial charge is 0.494 e. The number of anilines is 2. The topological polar surface area (TPSA) is 85.4 Å². The molecule has 2 amide bonds. The first kappa shape index (κ1) is 27.1. The smallest absolute Gasteiger partial charge is 0.328 e. The highest BCUT2D eigenvalue weighted by molar-refractivity contribution is 6.31. The van der Waals surface area contributed by atoms with E-state index in [-0.39, 0.29) is 11.9 Å². The van der Waals surface area contributed by atoms with E-state index in [0.717, 1.165) is 44.9 Å². The molecular weight excluding hydrogens is 533 g/mol. The summed E-state index contributed by atoms with van der Waals surface area (Å²) < 4.78 is 7.60. The van der Waals surface area contributed by atoms with Crippen LogP contribution in [-0.2, 0) is 6.54 Å². The Labute approximate surface area is 238 Å². The number of aryl methyl sites for hydroxylation is 2. The summed E-state index contributed by atoms with van der Waals surface area (Å²) in [5.41, 5.74) is 13.1. The third-order valence-electron chi connectivity index (χ3n) is 7.15. The lowest BCUT2D eigenvalue weighted by Gasteiger charge is -2.38. The van der Waals surface area contributed by atoms with Gasteiger partial charge in [-0.25, -0.2) is 9.48 Å². The number of benzene rings is 3. The first-order chi connectivity index (χ1) is 18.6. The highest BCUT2D eigenvalue weighted by atomic mass is 35.5. The normalized spacial score (nSPS) is 14.9. The number of nitrogens with zero attached hydrogens (tertiary/aromatic N) is 3. The number of ether oxygens (including phenoxy) is 1. The van der Waals surface area contributed by atoms with Crippen molar-refractivity contribution >= 4 is 40.7 Å². The molecule has 1 atom stereocenters. The van der Waals surface area contributed by atoms with Crippen molar-refractivity contribution in [3.8, 4) is 11.4 Å². The molecule has 0 aliphatic carbocycles. The minimum absolute atomic E-state index is 0.0416. The Morgan fingerprint density at radius 3 is 2.38 bits per heavy atom. The number of nitrogens with one attached hydrogen (secondary N) is 1. The van der Waals surface area contributed by atoms with Crippen molar-refractivity contribution in [2.24, 2.45) is 5.73 Å². The summed E-state index contributed by atoms with van der Waals surface area (Å²) in [6.07, 6.45) is 0. The van der Waals surface area contributed by atoms with Gasteiger partial charge in [-0.2, -0.15) is 0 Å². The van der Waals surface area contributed by atoms with Gasteiger partial charge in [0.05, 0.1) is 24.5 Å². The van der Waals surface area contributed by atoms with Crippen LogP contribution < -0.4 is 20.7 Å². The second kappa shape index (κ2) is 10.6. The van der Waals surface area contributed by atoms with Crippen molar-refractivity contribution in [3.63, 3.8) is 0 Å². The number of hydrogen-bond donors (Lipinski definition) is 2. The molecule has 202 valence electrons. The van der Waals surface area contributed by atoms with E-state index in [1.165, 1.54) is 0 Å². The fraction of sp³-hybridized carbons (Fsp3) is 0.267. The van der Waals surface area contributed by atoms with Crippen LogP contribution in [-0.4, -0.2) is 22.9 Å². The average Bonchev–Trinajstić information content (AvgIpc) is 3.28. The van der Waals surface area contributed by atoms with E-state index in [2.05, 4.69) is 19.2 Å². The molecule has 3 N–H and O–H groups in total. The Morgan fingerprint density at radius 2 is 1.72 bits per heavy atom. The molecule has 4 aromatic rings. The fourth-order valence-electron chi connectivity index (χ4n) is 5.31. The maximum Gasteiger partial charge on any atom is 0.328 e. The molecule has 0 saturated heterocycles. The molecular formula is C30H31Cl2N5O2. The maximum atomic E-state index is 13.9. The zero-order valence-electron chi connectivity index (χ0n) is 22.5. The lowest BCUT2D eigenvalue weighted by molar-refractivity contribution is 0.254. The van der Waals surface area contributed by atoms with Crippen molar-refractivity contribution in [1.29, 1.82) is 0 Å². The van der Waals surface area contributed by atoms with E-state index in [4.69, 9.17) is 38.8 Å². The van der Waals surface area contributed by atoms with E-state index >= 15 is 0 Å². The molecule has 1 aliphatic heterocycles. The van der Waals surface area contributed by atoms with E-state index in [1.54, 1.807) is 12.0 Å². The van der Waals surface area contributed by atoms with Gasteiger partial charge in [0.25, 0.3) is 0 Å². The molecule has 39 heavy (non-hydrogen) atoms. The summed E-state index contributed by atoms with van der Waals surface area (Å²) >= 11 is 12.8. The molecule has 0 bridgehead atoms. The first-order valence-electron chi connectivity index (χ1n) is 12.8. The van der Waals surface area contributed by atoms with Crippen LogP contribution in [0.3, 0.4) is 0 Å². The Balaban J connectivity index is 1.85. The van der Waals surface area contributed by atoms with Crippen molar-refractivity contribution in [2.45, 2.75) is 46.2 Å². The summed E-state index contributed by atoms with van der Waals surface area (Å²) in [5.74, 6) is 1.20. The SMILES string of the molecule is COc1ccc(CN)cc1-n1nc2c(c1C(C)C)C(c1ccc(Cl)cc1C)N(c1cc(Cl)ccc1C)C(=O)N2. The second-order valence-corrected chi connectivity index (χ2v) is 10.9. The van der Waals surface area contributed by atoms with Crippen LogP contribution in [0.1, 0.15) is 59.3 Å². The predicted molar refractivity (Wildman–Crippen MR) is 158 cm³/mol. The zero-order valence-corrected chi connectivity index (χ0v) is 24.1. The Hall–Kier alpha value is -3.52. The van der Waals surface area contributed by atoms with Crippen LogP contribution in [0.4, 0.5) is 16.3 Å². The highest BCUT2D eigenvalue weighted by Gasteiger charge is 2.41. The van der Waals surface area contributed by atoms with Gasteiger partial charge in [0.2, 0.25) is 0 Å². The summed E-state index contributed by atoms with van der Waals surface area (Å²) in [5, 5.41) is 9.19. The van der Waals surface area contributed by atoms with Gasteiger partial charge in [-0.1, -0.05) is 55.2 Å².